The summed E-state index contributed by atoms with van der Waals surface area (Å²) in [6.07, 6.45) is 7.34. The summed E-state index contributed by atoms with van der Waals surface area (Å²) < 4.78 is 11.8. The summed E-state index contributed by atoms with van der Waals surface area (Å²) in [5.41, 5.74) is 1.22. The molecule has 0 amide bonds. The Labute approximate surface area is 154 Å². The predicted molar refractivity (Wildman–Crippen MR) is 107 cm³/mol. The van der Waals surface area contributed by atoms with Gasteiger partial charge in [-0.2, -0.15) is 0 Å². The van der Waals surface area contributed by atoms with E-state index in [1.165, 1.54) is 42.0 Å². The van der Waals surface area contributed by atoms with Gasteiger partial charge in [-0.25, -0.2) is 0 Å². The monoisotopic (exact) mass is 392 g/mol. The lowest BCUT2D eigenvalue weighted by Crippen LogP contribution is -2.00. The molecular weight excluding hydrogens is 364 g/mol. The van der Waals surface area contributed by atoms with Crippen molar-refractivity contribution in [2.24, 2.45) is 0 Å². The van der Waals surface area contributed by atoms with Gasteiger partial charge in [0, 0.05) is 5.33 Å². The standard InChI is InChI=1S/C21H29BrO2/c1-3-4-5-6-7-14-24-21-12-9-18-16-19(23-15-8-13-22)10-11-20(18)17(21)2/h9-12,16H,3-8,13-15H2,1-2H3. The van der Waals surface area contributed by atoms with Gasteiger partial charge in [0.05, 0.1) is 13.2 Å². The lowest BCUT2D eigenvalue weighted by atomic mass is 10.0. The Hall–Kier alpha value is -1.22. The molecule has 2 aromatic carbocycles. The molecule has 0 heterocycles. The van der Waals surface area contributed by atoms with Crippen molar-refractivity contribution >= 4 is 26.7 Å². The number of benzene rings is 2. The number of ether oxygens (including phenoxy) is 2. The first-order valence-corrected chi connectivity index (χ1v) is 10.2. The first-order valence-electron chi connectivity index (χ1n) is 9.11. The smallest absolute Gasteiger partial charge is 0.122 e. The quantitative estimate of drug-likeness (QED) is 0.314. The van der Waals surface area contributed by atoms with Crippen LogP contribution in [-0.4, -0.2) is 18.5 Å². The fourth-order valence-corrected chi connectivity index (χ4v) is 3.05. The molecule has 0 bridgehead atoms. The van der Waals surface area contributed by atoms with Crippen molar-refractivity contribution in [1.82, 2.24) is 0 Å². The summed E-state index contributed by atoms with van der Waals surface area (Å²) >= 11 is 3.42. The summed E-state index contributed by atoms with van der Waals surface area (Å²) in [6.45, 7) is 5.94. The summed E-state index contributed by atoms with van der Waals surface area (Å²) in [6, 6.07) is 10.5. The maximum atomic E-state index is 6.00. The van der Waals surface area contributed by atoms with Gasteiger partial charge in [0.1, 0.15) is 11.5 Å². The molecule has 0 aliphatic heterocycles. The molecular formula is C21H29BrO2. The van der Waals surface area contributed by atoms with Crippen LogP contribution in [0.5, 0.6) is 11.5 Å². The minimum Gasteiger partial charge on any atom is -0.494 e. The molecule has 0 atom stereocenters. The Bertz CT molecular complexity index is 625. The van der Waals surface area contributed by atoms with Gasteiger partial charge >= 0.3 is 0 Å². The van der Waals surface area contributed by atoms with Crippen LogP contribution in [-0.2, 0) is 0 Å². The first-order chi connectivity index (χ1) is 11.8. The van der Waals surface area contributed by atoms with Crippen LogP contribution in [0.1, 0.15) is 51.0 Å². The van der Waals surface area contributed by atoms with Gasteiger partial charge in [-0.05, 0) is 54.3 Å². The average Bonchev–Trinajstić information content (AvgIpc) is 2.60. The van der Waals surface area contributed by atoms with Crippen LogP contribution in [0, 0.1) is 6.92 Å². The van der Waals surface area contributed by atoms with Gasteiger partial charge in [-0.15, -0.1) is 0 Å². The van der Waals surface area contributed by atoms with E-state index in [9.17, 15) is 0 Å². The second kappa shape index (κ2) is 10.6. The van der Waals surface area contributed by atoms with Crippen molar-refractivity contribution in [3.63, 3.8) is 0 Å². The molecule has 0 aliphatic carbocycles. The number of halogens is 1. The molecule has 3 heteroatoms. The highest BCUT2D eigenvalue weighted by Gasteiger charge is 2.06. The highest BCUT2D eigenvalue weighted by Crippen LogP contribution is 2.30. The first kappa shape index (κ1) is 19.1. The third-order valence-corrected chi connectivity index (χ3v) is 4.82. The zero-order valence-corrected chi connectivity index (χ0v) is 16.5. The third-order valence-electron chi connectivity index (χ3n) is 4.26. The zero-order valence-electron chi connectivity index (χ0n) is 14.9. The fraction of sp³-hybridized carbons (Fsp3) is 0.524. The minimum absolute atomic E-state index is 0.745. The average molecular weight is 393 g/mol. The van der Waals surface area contributed by atoms with Crippen LogP contribution in [0.25, 0.3) is 10.8 Å². The molecule has 2 rings (SSSR count). The van der Waals surface area contributed by atoms with E-state index in [0.29, 0.717) is 0 Å². The molecule has 0 fully saturated rings. The van der Waals surface area contributed by atoms with Crippen LogP contribution in [0.15, 0.2) is 30.3 Å². The van der Waals surface area contributed by atoms with E-state index < -0.39 is 0 Å². The van der Waals surface area contributed by atoms with Gasteiger partial charge in [0.25, 0.3) is 0 Å². The summed E-state index contributed by atoms with van der Waals surface area (Å²) in [5.74, 6) is 1.94. The van der Waals surface area contributed by atoms with Crippen molar-refractivity contribution in [3.8, 4) is 11.5 Å². The molecule has 0 spiro atoms. The van der Waals surface area contributed by atoms with Crippen molar-refractivity contribution in [2.75, 3.05) is 18.5 Å². The molecule has 0 unspecified atom stereocenters. The molecule has 2 nitrogen and oxygen atoms in total. The van der Waals surface area contributed by atoms with E-state index in [0.717, 1.165) is 42.9 Å². The summed E-state index contributed by atoms with van der Waals surface area (Å²) in [4.78, 5) is 0. The Morgan fingerprint density at radius 2 is 1.67 bits per heavy atom. The normalized spacial score (nSPS) is 11.0. The number of hydrogen-bond donors (Lipinski definition) is 0. The fourth-order valence-electron chi connectivity index (χ4n) is 2.82. The van der Waals surface area contributed by atoms with E-state index in [1.807, 2.05) is 0 Å². The molecule has 0 N–H and O–H groups in total. The van der Waals surface area contributed by atoms with Crippen molar-refractivity contribution < 1.29 is 9.47 Å². The Morgan fingerprint density at radius 3 is 2.46 bits per heavy atom. The number of unbranched alkanes of at least 4 members (excludes halogenated alkanes) is 4. The molecule has 0 aromatic heterocycles. The van der Waals surface area contributed by atoms with Gasteiger partial charge < -0.3 is 9.47 Å². The molecule has 0 saturated heterocycles. The summed E-state index contributed by atoms with van der Waals surface area (Å²) in [5, 5.41) is 3.42. The second-order valence-corrected chi connectivity index (χ2v) is 7.02. The van der Waals surface area contributed by atoms with Crippen LogP contribution in [0.4, 0.5) is 0 Å². The molecule has 24 heavy (non-hydrogen) atoms. The van der Waals surface area contributed by atoms with Gasteiger partial charge in [0.2, 0.25) is 0 Å². The van der Waals surface area contributed by atoms with Gasteiger partial charge in [0.15, 0.2) is 0 Å². The lowest BCUT2D eigenvalue weighted by Gasteiger charge is -2.13. The van der Waals surface area contributed by atoms with Crippen molar-refractivity contribution in [3.05, 3.63) is 35.9 Å². The molecule has 132 valence electrons. The molecule has 0 saturated carbocycles. The van der Waals surface area contributed by atoms with E-state index >= 15 is 0 Å². The number of aryl methyl sites for hydroxylation is 1. The Balaban J connectivity index is 1.95. The second-order valence-electron chi connectivity index (χ2n) is 6.23. The third kappa shape index (κ3) is 5.70. The molecule has 2 aromatic rings. The Morgan fingerprint density at radius 1 is 0.875 bits per heavy atom. The maximum absolute atomic E-state index is 6.00. The maximum Gasteiger partial charge on any atom is 0.122 e. The van der Waals surface area contributed by atoms with E-state index in [-0.39, 0.29) is 0 Å². The minimum atomic E-state index is 0.745. The zero-order chi connectivity index (χ0) is 17.2. The largest absolute Gasteiger partial charge is 0.494 e. The lowest BCUT2D eigenvalue weighted by molar-refractivity contribution is 0.303. The number of hydrogen-bond acceptors (Lipinski definition) is 2. The highest BCUT2D eigenvalue weighted by atomic mass is 79.9. The van der Waals surface area contributed by atoms with Crippen LogP contribution in [0.3, 0.4) is 0 Å². The van der Waals surface area contributed by atoms with Crippen LogP contribution >= 0.6 is 15.9 Å². The topological polar surface area (TPSA) is 18.5 Å². The van der Waals surface area contributed by atoms with Crippen molar-refractivity contribution in [1.29, 1.82) is 0 Å². The Kier molecular flexibility index (Phi) is 8.44. The van der Waals surface area contributed by atoms with Gasteiger partial charge in [-0.1, -0.05) is 60.7 Å². The van der Waals surface area contributed by atoms with Gasteiger partial charge in [-0.3, -0.25) is 0 Å². The number of alkyl halides is 1. The van der Waals surface area contributed by atoms with E-state index in [1.54, 1.807) is 0 Å². The van der Waals surface area contributed by atoms with E-state index in [4.69, 9.17) is 9.47 Å². The van der Waals surface area contributed by atoms with Crippen molar-refractivity contribution in [2.45, 2.75) is 52.4 Å². The van der Waals surface area contributed by atoms with Crippen LogP contribution < -0.4 is 9.47 Å². The molecule has 0 aliphatic rings. The number of fused-ring (bicyclic) bond motifs is 1. The molecule has 0 radical (unpaired) electrons. The summed E-state index contributed by atoms with van der Waals surface area (Å²) in [7, 11) is 0. The SMILES string of the molecule is CCCCCCCOc1ccc2cc(OCCCBr)ccc2c1C. The predicted octanol–water partition coefficient (Wildman–Crippen LogP) is 6.66. The number of rotatable bonds is 11. The highest BCUT2D eigenvalue weighted by molar-refractivity contribution is 9.09. The van der Waals surface area contributed by atoms with Crippen LogP contribution in [0.2, 0.25) is 0 Å². The van der Waals surface area contributed by atoms with E-state index in [2.05, 4.69) is 60.1 Å².